The molecule has 7 heteroatoms. The van der Waals surface area contributed by atoms with E-state index in [2.05, 4.69) is 15.3 Å². The van der Waals surface area contributed by atoms with E-state index in [9.17, 15) is 9.18 Å². The van der Waals surface area contributed by atoms with Crippen LogP contribution in [-0.2, 0) is 11.2 Å². The second-order valence-corrected chi connectivity index (χ2v) is 5.80. The molecule has 0 bridgehead atoms. The van der Waals surface area contributed by atoms with Crippen LogP contribution < -0.4 is 5.32 Å². The summed E-state index contributed by atoms with van der Waals surface area (Å²) in [7, 11) is 0. The van der Waals surface area contributed by atoms with Crippen LogP contribution in [0.15, 0.2) is 40.3 Å². The lowest BCUT2D eigenvalue weighted by Crippen LogP contribution is -2.12. The molecule has 0 radical (unpaired) electrons. The number of rotatable bonds is 5. The van der Waals surface area contributed by atoms with Gasteiger partial charge >= 0.3 is 0 Å². The molecule has 0 aliphatic carbocycles. The minimum atomic E-state index is -0.368. The van der Waals surface area contributed by atoms with Crippen molar-refractivity contribution in [3.63, 3.8) is 0 Å². The van der Waals surface area contributed by atoms with E-state index in [1.54, 1.807) is 18.2 Å². The normalized spacial score (nSPS) is 10.7. The van der Waals surface area contributed by atoms with Gasteiger partial charge in [-0.3, -0.25) is 4.79 Å². The molecule has 1 amide bonds. The van der Waals surface area contributed by atoms with E-state index in [0.717, 1.165) is 5.69 Å². The molecule has 2 aromatic heterocycles. The number of thiazole rings is 1. The number of nitrogens with one attached hydrogen (secondary N) is 1. The number of oxazole rings is 1. The molecule has 1 aromatic carbocycles. The second-order valence-electron chi connectivity index (χ2n) is 4.94. The van der Waals surface area contributed by atoms with E-state index in [1.165, 1.54) is 23.6 Å². The minimum Gasteiger partial charge on any atom is -0.441 e. The smallest absolute Gasteiger partial charge is 0.226 e. The molecule has 0 aliphatic heterocycles. The van der Waals surface area contributed by atoms with Crippen LogP contribution in [0.3, 0.4) is 0 Å². The number of halogens is 1. The molecule has 0 saturated carbocycles. The highest BCUT2D eigenvalue weighted by molar-refractivity contribution is 7.13. The number of hydrogen-bond donors (Lipinski definition) is 1. The standard InChI is InChI=1S/C16H14FN3O2S/c1-10-9-23-16(19-10)20-14(21)6-7-15-18-8-13(22-15)11-4-2-3-5-12(11)17/h2-5,8-9H,6-7H2,1H3,(H,19,20,21). The Kier molecular flexibility index (Phi) is 4.47. The Morgan fingerprint density at radius 2 is 2.22 bits per heavy atom. The first-order valence-electron chi connectivity index (χ1n) is 7.03. The third kappa shape index (κ3) is 3.81. The van der Waals surface area contributed by atoms with Crippen molar-refractivity contribution in [1.82, 2.24) is 9.97 Å². The summed E-state index contributed by atoms with van der Waals surface area (Å²) in [6.45, 7) is 1.86. The third-order valence-corrected chi connectivity index (χ3v) is 4.00. The van der Waals surface area contributed by atoms with Crippen LogP contribution in [0.1, 0.15) is 18.0 Å². The number of carbonyl (C=O) groups is 1. The average molecular weight is 331 g/mol. The van der Waals surface area contributed by atoms with Gasteiger partial charge in [0, 0.05) is 18.2 Å². The van der Waals surface area contributed by atoms with E-state index >= 15 is 0 Å². The van der Waals surface area contributed by atoms with Crippen LogP contribution in [0.5, 0.6) is 0 Å². The molecule has 0 fully saturated rings. The van der Waals surface area contributed by atoms with Crippen molar-refractivity contribution in [2.24, 2.45) is 0 Å². The molecule has 0 spiro atoms. The van der Waals surface area contributed by atoms with Gasteiger partial charge in [-0.05, 0) is 19.1 Å². The SMILES string of the molecule is Cc1csc(NC(=O)CCc2ncc(-c3ccccc3F)o2)n1. The maximum absolute atomic E-state index is 13.7. The Hall–Kier alpha value is -2.54. The zero-order chi connectivity index (χ0) is 16.2. The zero-order valence-corrected chi connectivity index (χ0v) is 13.2. The molecule has 0 unspecified atom stereocenters. The van der Waals surface area contributed by atoms with Gasteiger partial charge in [0.2, 0.25) is 5.91 Å². The molecule has 0 atom stereocenters. The van der Waals surface area contributed by atoms with Gasteiger partial charge in [0.1, 0.15) is 5.82 Å². The molecule has 118 valence electrons. The molecule has 3 aromatic rings. The third-order valence-electron chi connectivity index (χ3n) is 3.12. The van der Waals surface area contributed by atoms with Gasteiger partial charge in [-0.2, -0.15) is 0 Å². The van der Waals surface area contributed by atoms with Gasteiger partial charge in [0.25, 0.3) is 0 Å². The fourth-order valence-electron chi connectivity index (χ4n) is 2.03. The Labute approximate surface area is 136 Å². The van der Waals surface area contributed by atoms with Crippen molar-refractivity contribution in [3.8, 4) is 11.3 Å². The first kappa shape index (κ1) is 15.4. The van der Waals surface area contributed by atoms with Crippen LogP contribution in [0.25, 0.3) is 11.3 Å². The monoisotopic (exact) mass is 331 g/mol. The summed E-state index contributed by atoms with van der Waals surface area (Å²) in [5, 5.41) is 5.16. The van der Waals surface area contributed by atoms with Gasteiger partial charge < -0.3 is 9.73 Å². The largest absolute Gasteiger partial charge is 0.441 e. The number of aromatic nitrogens is 2. The van der Waals surface area contributed by atoms with E-state index in [-0.39, 0.29) is 18.1 Å². The van der Waals surface area contributed by atoms with Gasteiger partial charge in [-0.25, -0.2) is 14.4 Å². The molecule has 2 heterocycles. The van der Waals surface area contributed by atoms with E-state index in [1.807, 2.05) is 12.3 Å². The molecule has 0 aliphatic rings. The first-order chi connectivity index (χ1) is 11.1. The Morgan fingerprint density at radius 3 is 2.96 bits per heavy atom. The fourth-order valence-corrected chi connectivity index (χ4v) is 2.73. The molecule has 23 heavy (non-hydrogen) atoms. The van der Waals surface area contributed by atoms with Crippen molar-refractivity contribution in [1.29, 1.82) is 0 Å². The number of nitrogens with zero attached hydrogens (tertiary/aromatic N) is 2. The predicted molar refractivity (Wildman–Crippen MR) is 85.7 cm³/mol. The molecule has 0 saturated heterocycles. The summed E-state index contributed by atoms with van der Waals surface area (Å²) >= 11 is 1.38. The second kappa shape index (κ2) is 6.70. The average Bonchev–Trinajstić information content (AvgIpc) is 3.15. The topological polar surface area (TPSA) is 68.0 Å². The Bertz CT molecular complexity index is 828. The quantitative estimate of drug-likeness (QED) is 0.772. The number of carbonyl (C=O) groups excluding carboxylic acids is 1. The zero-order valence-electron chi connectivity index (χ0n) is 12.4. The molecule has 3 rings (SSSR count). The van der Waals surface area contributed by atoms with Crippen molar-refractivity contribution in [3.05, 3.63) is 53.2 Å². The highest BCUT2D eigenvalue weighted by Crippen LogP contribution is 2.23. The van der Waals surface area contributed by atoms with Gasteiger partial charge in [-0.15, -0.1) is 11.3 Å². The maximum atomic E-state index is 13.7. The number of benzene rings is 1. The number of hydrogen-bond acceptors (Lipinski definition) is 5. The van der Waals surface area contributed by atoms with E-state index in [0.29, 0.717) is 28.8 Å². The summed E-state index contributed by atoms with van der Waals surface area (Å²) < 4.78 is 19.2. The van der Waals surface area contributed by atoms with Crippen LogP contribution in [0, 0.1) is 12.7 Å². The maximum Gasteiger partial charge on any atom is 0.226 e. The molecular weight excluding hydrogens is 317 g/mol. The summed E-state index contributed by atoms with van der Waals surface area (Å²) in [5.41, 5.74) is 1.22. The summed E-state index contributed by atoms with van der Waals surface area (Å²) in [4.78, 5) is 20.1. The van der Waals surface area contributed by atoms with Gasteiger partial charge in [0.15, 0.2) is 16.8 Å². The lowest BCUT2D eigenvalue weighted by Gasteiger charge is -2.00. The number of amides is 1. The van der Waals surface area contributed by atoms with Crippen molar-refractivity contribution in [2.75, 3.05) is 5.32 Å². The van der Waals surface area contributed by atoms with Crippen molar-refractivity contribution >= 4 is 22.4 Å². The summed E-state index contributed by atoms with van der Waals surface area (Å²) in [6.07, 6.45) is 2.02. The van der Waals surface area contributed by atoms with Crippen molar-refractivity contribution in [2.45, 2.75) is 19.8 Å². The van der Waals surface area contributed by atoms with Crippen LogP contribution in [-0.4, -0.2) is 15.9 Å². The highest BCUT2D eigenvalue weighted by atomic mass is 32.1. The van der Waals surface area contributed by atoms with Gasteiger partial charge in [-0.1, -0.05) is 12.1 Å². The van der Waals surface area contributed by atoms with Crippen LogP contribution >= 0.6 is 11.3 Å². The minimum absolute atomic E-state index is 0.162. The number of aryl methyl sites for hydroxylation is 2. The lowest BCUT2D eigenvalue weighted by molar-refractivity contribution is -0.116. The molecule has 5 nitrogen and oxygen atoms in total. The van der Waals surface area contributed by atoms with Gasteiger partial charge in [0.05, 0.1) is 17.5 Å². The Balaban J connectivity index is 1.59. The highest BCUT2D eigenvalue weighted by Gasteiger charge is 2.12. The fraction of sp³-hybridized carbons (Fsp3) is 0.188. The first-order valence-corrected chi connectivity index (χ1v) is 7.91. The van der Waals surface area contributed by atoms with E-state index < -0.39 is 0 Å². The molecular formula is C16H14FN3O2S. The molecule has 1 N–H and O–H groups in total. The van der Waals surface area contributed by atoms with E-state index in [4.69, 9.17) is 4.42 Å². The van der Waals surface area contributed by atoms with Crippen LogP contribution in [0.4, 0.5) is 9.52 Å². The van der Waals surface area contributed by atoms with Crippen molar-refractivity contribution < 1.29 is 13.6 Å². The predicted octanol–water partition coefficient (Wildman–Crippen LogP) is 3.82. The Morgan fingerprint density at radius 1 is 1.39 bits per heavy atom. The lowest BCUT2D eigenvalue weighted by atomic mass is 10.2. The summed E-state index contributed by atoms with van der Waals surface area (Å²) in [5.74, 6) is 0.222. The van der Waals surface area contributed by atoms with Crippen LogP contribution in [0.2, 0.25) is 0 Å². The number of anilines is 1. The summed E-state index contributed by atoms with van der Waals surface area (Å²) in [6, 6.07) is 6.32.